The van der Waals surface area contributed by atoms with Crippen molar-refractivity contribution in [2.24, 2.45) is 0 Å². The number of ether oxygens (including phenoxy) is 4. The van der Waals surface area contributed by atoms with Gasteiger partial charge >= 0.3 is 0 Å². The van der Waals surface area contributed by atoms with Crippen LogP contribution in [0.5, 0.6) is 23.0 Å². The van der Waals surface area contributed by atoms with Gasteiger partial charge in [-0.05, 0) is 38.1 Å². The summed E-state index contributed by atoms with van der Waals surface area (Å²) in [6.45, 7) is 6.70. The average Bonchev–Trinajstić information content (AvgIpc) is 3.01. The third-order valence-corrected chi connectivity index (χ3v) is 4.63. The van der Waals surface area contributed by atoms with Gasteiger partial charge in [0.05, 0.1) is 6.61 Å². The van der Waals surface area contributed by atoms with Crippen molar-refractivity contribution >= 4 is 0 Å². The zero-order valence-corrected chi connectivity index (χ0v) is 15.3. The van der Waals surface area contributed by atoms with E-state index >= 15 is 0 Å². The van der Waals surface area contributed by atoms with Crippen LogP contribution in [0.25, 0.3) is 0 Å². The SMILES string of the molecule is CCOc1cc2c(cc1CNC[C@@H]1COc3ccccc3O1)O[C@@H](C)C2. The predicted molar refractivity (Wildman–Crippen MR) is 99.5 cm³/mol. The Labute approximate surface area is 154 Å². The molecule has 0 unspecified atom stereocenters. The maximum absolute atomic E-state index is 5.99. The third-order valence-electron chi connectivity index (χ3n) is 4.63. The summed E-state index contributed by atoms with van der Waals surface area (Å²) in [5.41, 5.74) is 2.34. The van der Waals surface area contributed by atoms with E-state index in [2.05, 4.69) is 24.4 Å². The van der Waals surface area contributed by atoms with Crippen molar-refractivity contribution in [2.75, 3.05) is 19.8 Å². The molecule has 138 valence electrons. The van der Waals surface area contributed by atoms with Gasteiger partial charge in [-0.3, -0.25) is 0 Å². The maximum atomic E-state index is 5.99. The lowest BCUT2D eigenvalue weighted by molar-refractivity contribution is 0.0901. The summed E-state index contributed by atoms with van der Waals surface area (Å²) in [6.07, 6.45) is 1.16. The van der Waals surface area contributed by atoms with E-state index in [1.807, 2.05) is 31.2 Å². The van der Waals surface area contributed by atoms with Gasteiger partial charge < -0.3 is 24.3 Å². The van der Waals surface area contributed by atoms with Gasteiger partial charge in [0, 0.05) is 30.6 Å². The average molecular weight is 355 g/mol. The minimum Gasteiger partial charge on any atom is -0.494 e. The fourth-order valence-corrected chi connectivity index (χ4v) is 3.44. The summed E-state index contributed by atoms with van der Waals surface area (Å²) in [7, 11) is 0. The molecular formula is C21H25NO4. The number of fused-ring (bicyclic) bond motifs is 2. The molecule has 0 aliphatic carbocycles. The van der Waals surface area contributed by atoms with Crippen LogP contribution in [-0.4, -0.2) is 32.0 Å². The Morgan fingerprint density at radius 1 is 1.12 bits per heavy atom. The Balaban J connectivity index is 1.38. The first-order chi connectivity index (χ1) is 12.7. The highest BCUT2D eigenvalue weighted by Crippen LogP contribution is 2.35. The fraction of sp³-hybridized carbons (Fsp3) is 0.429. The van der Waals surface area contributed by atoms with Crippen molar-refractivity contribution in [2.45, 2.75) is 39.0 Å². The van der Waals surface area contributed by atoms with E-state index in [1.54, 1.807) is 0 Å². The number of nitrogens with one attached hydrogen (secondary N) is 1. The molecule has 0 fully saturated rings. The highest BCUT2D eigenvalue weighted by molar-refractivity contribution is 5.48. The molecule has 5 nitrogen and oxygen atoms in total. The fourth-order valence-electron chi connectivity index (χ4n) is 3.44. The van der Waals surface area contributed by atoms with E-state index in [1.165, 1.54) is 5.56 Å². The first kappa shape index (κ1) is 17.0. The van der Waals surface area contributed by atoms with Crippen LogP contribution < -0.4 is 24.3 Å². The van der Waals surface area contributed by atoms with Crippen molar-refractivity contribution < 1.29 is 18.9 Å². The first-order valence-corrected chi connectivity index (χ1v) is 9.27. The van der Waals surface area contributed by atoms with Gasteiger partial charge in [-0.2, -0.15) is 0 Å². The van der Waals surface area contributed by atoms with E-state index in [-0.39, 0.29) is 12.2 Å². The van der Waals surface area contributed by atoms with Crippen LogP contribution in [-0.2, 0) is 13.0 Å². The molecule has 1 N–H and O–H groups in total. The predicted octanol–water partition coefficient (Wildman–Crippen LogP) is 3.34. The van der Waals surface area contributed by atoms with Crippen LogP contribution in [0.3, 0.4) is 0 Å². The molecule has 0 saturated heterocycles. The standard InChI is InChI=1S/C21H25NO4/c1-3-23-20-9-15-8-14(2)25-21(15)10-16(20)11-22-12-17-13-24-18-6-4-5-7-19(18)26-17/h4-7,9-10,14,17,22H,3,8,11-13H2,1-2H3/t14-,17+/m0/s1. The Morgan fingerprint density at radius 3 is 2.81 bits per heavy atom. The van der Waals surface area contributed by atoms with E-state index in [0.29, 0.717) is 26.3 Å². The van der Waals surface area contributed by atoms with Gasteiger partial charge in [0.15, 0.2) is 11.5 Å². The molecule has 2 heterocycles. The molecule has 0 radical (unpaired) electrons. The zero-order valence-electron chi connectivity index (χ0n) is 15.3. The van der Waals surface area contributed by atoms with Gasteiger partial charge in [-0.1, -0.05) is 12.1 Å². The number of rotatable bonds is 6. The summed E-state index contributed by atoms with van der Waals surface area (Å²) in [5.74, 6) is 3.53. The smallest absolute Gasteiger partial charge is 0.161 e. The summed E-state index contributed by atoms with van der Waals surface area (Å²) in [5, 5.41) is 3.46. The molecule has 0 saturated carbocycles. The minimum absolute atomic E-state index is 0.00820. The summed E-state index contributed by atoms with van der Waals surface area (Å²) < 4.78 is 23.5. The Hall–Kier alpha value is -2.40. The third kappa shape index (κ3) is 3.58. The van der Waals surface area contributed by atoms with E-state index in [0.717, 1.165) is 35.0 Å². The molecule has 0 aromatic heterocycles. The van der Waals surface area contributed by atoms with Crippen LogP contribution in [0.15, 0.2) is 36.4 Å². The second-order valence-electron chi connectivity index (χ2n) is 6.76. The monoisotopic (exact) mass is 355 g/mol. The lowest BCUT2D eigenvalue weighted by Crippen LogP contribution is -2.38. The maximum Gasteiger partial charge on any atom is 0.161 e. The van der Waals surface area contributed by atoms with E-state index in [4.69, 9.17) is 18.9 Å². The Kier molecular flexibility index (Phi) is 4.89. The molecular weight excluding hydrogens is 330 g/mol. The van der Waals surface area contributed by atoms with Crippen molar-refractivity contribution in [1.82, 2.24) is 5.32 Å². The van der Waals surface area contributed by atoms with Gasteiger partial charge in [0.25, 0.3) is 0 Å². The molecule has 2 aliphatic rings. The van der Waals surface area contributed by atoms with Crippen LogP contribution in [0, 0.1) is 0 Å². The topological polar surface area (TPSA) is 49.0 Å². The molecule has 2 aromatic carbocycles. The lowest BCUT2D eigenvalue weighted by Gasteiger charge is -2.26. The van der Waals surface area contributed by atoms with Gasteiger partial charge in [-0.15, -0.1) is 0 Å². The summed E-state index contributed by atoms with van der Waals surface area (Å²) >= 11 is 0. The molecule has 5 heteroatoms. The van der Waals surface area contributed by atoms with Crippen LogP contribution >= 0.6 is 0 Å². The quantitative estimate of drug-likeness (QED) is 0.861. The number of benzene rings is 2. The van der Waals surface area contributed by atoms with Crippen LogP contribution in [0.4, 0.5) is 0 Å². The summed E-state index contributed by atoms with van der Waals surface area (Å²) in [6, 6.07) is 12.0. The largest absolute Gasteiger partial charge is 0.494 e. The van der Waals surface area contributed by atoms with E-state index < -0.39 is 0 Å². The molecule has 0 spiro atoms. The zero-order chi connectivity index (χ0) is 17.9. The normalized spacial score (nSPS) is 20.4. The molecule has 26 heavy (non-hydrogen) atoms. The number of hydrogen-bond acceptors (Lipinski definition) is 5. The Morgan fingerprint density at radius 2 is 1.96 bits per heavy atom. The molecule has 0 amide bonds. The van der Waals surface area contributed by atoms with Crippen molar-refractivity contribution in [3.63, 3.8) is 0 Å². The molecule has 2 aliphatic heterocycles. The van der Waals surface area contributed by atoms with Crippen LogP contribution in [0.1, 0.15) is 25.0 Å². The number of hydrogen-bond donors (Lipinski definition) is 1. The number of para-hydroxylation sites is 2. The van der Waals surface area contributed by atoms with E-state index in [9.17, 15) is 0 Å². The summed E-state index contributed by atoms with van der Waals surface area (Å²) in [4.78, 5) is 0. The van der Waals surface area contributed by atoms with Gasteiger partial charge in [-0.25, -0.2) is 0 Å². The van der Waals surface area contributed by atoms with Crippen LogP contribution in [0.2, 0.25) is 0 Å². The van der Waals surface area contributed by atoms with Crippen molar-refractivity contribution in [1.29, 1.82) is 0 Å². The highest BCUT2D eigenvalue weighted by Gasteiger charge is 2.23. The van der Waals surface area contributed by atoms with Gasteiger partial charge in [0.1, 0.15) is 30.3 Å². The molecule has 0 bridgehead atoms. The van der Waals surface area contributed by atoms with Gasteiger partial charge in [0.2, 0.25) is 0 Å². The minimum atomic E-state index is -0.00820. The first-order valence-electron chi connectivity index (χ1n) is 9.27. The van der Waals surface area contributed by atoms with Crippen molar-refractivity contribution in [3.8, 4) is 23.0 Å². The molecule has 4 rings (SSSR count). The lowest BCUT2D eigenvalue weighted by atomic mass is 10.1. The second-order valence-corrected chi connectivity index (χ2v) is 6.76. The molecule has 2 aromatic rings. The Bertz CT molecular complexity index is 777. The van der Waals surface area contributed by atoms with Crippen molar-refractivity contribution in [3.05, 3.63) is 47.5 Å². The highest BCUT2D eigenvalue weighted by atomic mass is 16.6. The second kappa shape index (κ2) is 7.46. The molecule has 2 atom stereocenters.